The molecule has 1 fully saturated rings. The number of hydrogen-bond donors (Lipinski definition) is 1. The molecule has 0 spiro atoms. The topological polar surface area (TPSA) is 56.7 Å². The Hall–Kier alpha value is -1.14. The first-order chi connectivity index (χ1) is 9.32. The van der Waals surface area contributed by atoms with Crippen molar-refractivity contribution in [2.45, 2.75) is 38.6 Å². The molecule has 2 heterocycles. The molecule has 0 aromatic carbocycles. The van der Waals surface area contributed by atoms with Gasteiger partial charge in [0.25, 0.3) is 0 Å². The van der Waals surface area contributed by atoms with E-state index in [9.17, 15) is 9.90 Å². The van der Waals surface area contributed by atoms with Crippen LogP contribution in [0.4, 0.5) is 5.13 Å². The Morgan fingerprint density at radius 3 is 2.85 bits per heavy atom. The molecule has 1 aliphatic rings. The summed E-state index contributed by atoms with van der Waals surface area (Å²) in [7, 11) is 2.14. The summed E-state index contributed by atoms with van der Waals surface area (Å²) in [6.45, 7) is 8.69. The molecule has 0 radical (unpaired) electrons. The number of rotatable bonds is 3. The van der Waals surface area contributed by atoms with E-state index in [4.69, 9.17) is 0 Å². The molecule has 1 aromatic rings. The van der Waals surface area contributed by atoms with E-state index in [-0.39, 0.29) is 0 Å². The predicted octanol–water partition coefficient (Wildman–Crippen LogP) is 2.04. The maximum atomic E-state index is 11.3. The van der Waals surface area contributed by atoms with Crippen molar-refractivity contribution in [3.63, 3.8) is 0 Å². The summed E-state index contributed by atoms with van der Waals surface area (Å²) in [6, 6.07) is 0.398. The molecule has 0 saturated carbocycles. The van der Waals surface area contributed by atoms with Gasteiger partial charge in [0.05, 0.1) is 5.69 Å². The second kappa shape index (κ2) is 5.69. The Balaban J connectivity index is 2.22. The number of carbonyl (C=O) groups is 1. The van der Waals surface area contributed by atoms with Crippen LogP contribution in [-0.4, -0.2) is 53.7 Å². The van der Waals surface area contributed by atoms with Crippen molar-refractivity contribution >= 4 is 22.4 Å². The Labute approximate surface area is 124 Å². The van der Waals surface area contributed by atoms with Crippen LogP contribution in [0.2, 0.25) is 0 Å². The highest BCUT2D eigenvalue weighted by atomic mass is 32.1. The van der Waals surface area contributed by atoms with Crippen molar-refractivity contribution < 1.29 is 9.90 Å². The number of likely N-dealkylation sites (N-methyl/N-ethyl adjacent to an activating group) is 1. The minimum absolute atomic E-state index is 0.398. The first-order valence-electron chi connectivity index (χ1n) is 6.97. The molecule has 1 N–H and O–H groups in total. The fourth-order valence-corrected chi connectivity index (χ4v) is 3.57. The molecule has 6 heteroatoms. The molecule has 0 bridgehead atoms. The summed E-state index contributed by atoms with van der Waals surface area (Å²) < 4.78 is 0. The molecule has 5 nitrogen and oxygen atoms in total. The molecule has 1 aromatic heterocycles. The van der Waals surface area contributed by atoms with Gasteiger partial charge in [-0.25, -0.2) is 4.98 Å². The number of anilines is 1. The van der Waals surface area contributed by atoms with Crippen molar-refractivity contribution in [2.75, 3.05) is 31.6 Å². The van der Waals surface area contributed by atoms with Gasteiger partial charge in [-0.2, -0.15) is 0 Å². The summed E-state index contributed by atoms with van der Waals surface area (Å²) in [5.74, 6) is -0.835. The van der Waals surface area contributed by atoms with Crippen LogP contribution in [0.15, 0.2) is 5.38 Å². The van der Waals surface area contributed by atoms with Gasteiger partial charge in [0.2, 0.25) is 0 Å². The molecule has 1 saturated heterocycles. The highest BCUT2D eigenvalue weighted by Gasteiger charge is 2.33. The number of carboxylic acids is 1. The Kier molecular flexibility index (Phi) is 4.34. The average molecular weight is 297 g/mol. The number of nitrogens with zero attached hydrogens (tertiary/aromatic N) is 3. The number of thiazole rings is 1. The maximum Gasteiger partial charge on any atom is 0.315 e. The molecule has 0 aliphatic carbocycles. The monoisotopic (exact) mass is 297 g/mol. The molecule has 112 valence electrons. The largest absolute Gasteiger partial charge is 0.481 e. The van der Waals surface area contributed by atoms with Crippen LogP contribution in [0.5, 0.6) is 0 Å². The van der Waals surface area contributed by atoms with E-state index < -0.39 is 11.4 Å². The highest BCUT2D eigenvalue weighted by molar-refractivity contribution is 7.13. The summed E-state index contributed by atoms with van der Waals surface area (Å²) in [5, 5.41) is 12.1. The highest BCUT2D eigenvalue weighted by Crippen LogP contribution is 2.30. The molecule has 2 rings (SSSR count). The van der Waals surface area contributed by atoms with Gasteiger partial charge in [-0.05, 0) is 40.8 Å². The van der Waals surface area contributed by atoms with Gasteiger partial charge in [-0.15, -0.1) is 11.3 Å². The molecule has 1 atom stereocenters. The summed E-state index contributed by atoms with van der Waals surface area (Å²) in [5.41, 5.74) is -0.282. The summed E-state index contributed by atoms with van der Waals surface area (Å²) >= 11 is 1.55. The Bertz CT molecular complexity index is 487. The summed E-state index contributed by atoms with van der Waals surface area (Å²) in [6.07, 6.45) is 1.11. The zero-order valence-electron chi connectivity index (χ0n) is 12.6. The van der Waals surface area contributed by atoms with Gasteiger partial charge >= 0.3 is 5.97 Å². The molecule has 0 amide bonds. The van der Waals surface area contributed by atoms with Gasteiger partial charge in [0.1, 0.15) is 5.41 Å². The molecule has 20 heavy (non-hydrogen) atoms. The lowest BCUT2D eigenvalue weighted by Crippen LogP contribution is -2.38. The van der Waals surface area contributed by atoms with Crippen LogP contribution in [0, 0.1) is 0 Å². The van der Waals surface area contributed by atoms with Gasteiger partial charge < -0.3 is 14.9 Å². The van der Waals surface area contributed by atoms with Crippen LogP contribution in [0.3, 0.4) is 0 Å². The number of hydrogen-bond acceptors (Lipinski definition) is 5. The third-order valence-electron chi connectivity index (χ3n) is 3.96. The average Bonchev–Trinajstić information content (AvgIpc) is 2.77. The molecule has 1 unspecified atom stereocenters. The second-order valence-corrected chi connectivity index (χ2v) is 6.94. The van der Waals surface area contributed by atoms with E-state index in [1.807, 2.05) is 5.38 Å². The smallest absolute Gasteiger partial charge is 0.315 e. The number of aliphatic carboxylic acids is 1. The number of aromatic nitrogens is 1. The van der Waals surface area contributed by atoms with Crippen molar-refractivity contribution in [2.24, 2.45) is 0 Å². The van der Waals surface area contributed by atoms with Crippen molar-refractivity contribution in [3.05, 3.63) is 11.1 Å². The normalized spacial score (nSPS) is 21.8. The lowest BCUT2D eigenvalue weighted by atomic mass is 9.90. The van der Waals surface area contributed by atoms with E-state index in [1.54, 1.807) is 25.2 Å². The van der Waals surface area contributed by atoms with E-state index in [1.165, 1.54) is 0 Å². The van der Waals surface area contributed by atoms with Gasteiger partial charge in [-0.3, -0.25) is 4.79 Å². The zero-order chi connectivity index (χ0) is 14.9. The number of carboxylic acid groups (broad SMARTS) is 1. The molecule has 1 aliphatic heterocycles. The fourth-order valence-electron chi connectivity index (χ4n) is 2.45. The van der Waals surface area contributed by atoms with Gasteiger partial charge in [-0.1, -0.05) is 0 Å². The Morgan fingerprint density at radius 1 is 1.50 bits per heavy atom. The second-order valence-electron chi connectivity index (χ2n) is 6.10. The van der Waals surface area contributed by atoms with Crippen LogP contribution in [-0.2, 0) is 10.2 Å². The van der Waals surface area contributed by atoms with E-state index in [2.05, 4.69) is 28.8 Å². The summed E-state index contributed by atoms with van der Waals surface area (Å²) in [4.78, 5) is 20.5. The fraction of sp³-hybridized carbons (Fsp3) is 0.714. The minimum atomic E-state index is -0.930. The van der Waals surface area contributed by atoms with Crippen molar-refractivity contribution in [1.82, 2.24) is 9.88 Å². The third-order valence-corrected chi connectivity index (χ3v) is 4.84. The SMILES string of the molecule is CC1CN(C)CCCN1c1nc(C(C)(C)C(=O)O)cs1. The minimum Gasteiger partial charge on any atom is -0.481 e. The van der Waals surface area contributed by atoms with Crippen LogP contribution >= 0.6 is 11.3 Å². The van der Waals surface area contributed by atoms with Crippen LogP contribution in [0.1, 0.15) is 32.9 Å². The maximum absolute atomic E-state index is 11.3. The van der Waals surface area contributed by atoms with E-state index in [0.29, 0.717) is 11.7 Å². The van der Waals surface area contributed by atoms with Crippen molar-refractivity contribution in [3.8, 4) is 0 Å². The van der Waals surface area contributed by atoms with Crippen molar-refractivity contribution in [1.29, 1.82) is 0 Å². The van der Waals surface area contributed by atoms with Crippen LogP contribution < -0.4 is 4.90 Å². The van der Waals surface area contributed by atoms with E-state index in [0.717, 1.165) is 31.2 Å². The molecular formula is C14H23N3O2S. The van der Waals surface area contributed by atoms with Crippen LogP contribution in [0.25, 0.3) is 0 Å². The standard InChI is InChI=1S/C14H23N3O2S/c1-10-8-16(4)6-5-7-17(10)13-15-11(9-20-13)14(2,3)12(18)19/h9-10H,5-8H2,1-4H3,(H,18,19). The van der Waals surface area contributed by atoms with Gasteiger partial charge in [0.15, 0.2) is 5.13 Å². The first kappa shape index (κ1) is 15.3. The Morgan fingerprint density at radius 2 is 2.20 bits per heavy atom. The third kappa shape index (κ3) is 2.96. The zero-order valence-corrected chi connectivity index (χ0v) is 13.4. The molecular weight excluding hydrogens is 274 g/mol. The van der Waals surface area contributed by atoms with E-state index >= 15 is 0 Å². The quantitative estimate of drug-likeness (QED) is 0.925. The first-order valence-corrected chi connectivity index (χ1v) is 7.85. The lowest BCUT2D eigenvalue weighted by molar-refractivity contribution is -0.142. The lowest BCUT2D eigenvalue weighted by Gasteiger charge is -2.27. The predicted molar refractivity (Wildman–Crippen MR) is 81.7 cm³/mol. The van der Waals surface area contributed by atoms with Gasteiger partial charge in [0, 0.05) is 24.5 Å².